The Morgan fingerprint density at radius 3 is 2.62 bits per heavy atom. The number of hydrogen-bond donors (Lipinski definition) is 0. The van der Waals surface area contributed by atoms with Crippen LogP contribution in [0.25, 0.3) is 0 Å². The third kappa shape index (κ3) is 2.77. The van der Waals surface area contributed by atoms with Gasteiger partial charge in [-0.1, -0.05) is 48.5 Å². The number of benzene rings is 3. The number of nitrogens with zero attached hydrogens (tertiary/aromatic N) is 2. The SMILES string of the molecule is C=CCN1C(=O)C2(OCc3ccccc3N2C(=O)c2cccc(OC)c2)c2ccccc21. The average Bonchev–Trinajstić information content (AvgIpc) is 3.07. The summed E-state index contributed by atoms with van der Waals surface area (Å²) in [5, 5.41) is 0. The number of amides is 2. The lowest BCUT2D eigenvalue weighted by Gasteiger charge is -2.44. The quantitative estimate of drug-likeness (QED) is 0.585. The van der Waals surface area contributed by atoms with E-state index in [1.165, 1.54) is 4.90 Å². The fourth-order valence-corrected chi connectivity index (χ4v) is 4.47. The van der Waals surface area contributed by atoms with E-state index >= 15 is 0 Å². The molecule has 2 amide bonds. The van der Waals surface area contributed by atoms with Crippen LogP contribution in [0.3, 0.4) is 0 Å². The maximum atomic E-state index is 14.0. The molecule has 0 radical (unpaired) electrons. The van der Waals surface area contributed by atoms with Crippen LogP contribution in [0.4, 0.5) is 11.4 Å². The van der Waals surface area contributed by atoms with E-state index in [-0.39, 0.29) is 18.4 Å². The Morgan fingerprint density at radius 2 is 1.84 bits per heavy atom. The van der Waals surface area contributed by atoms with E-state index < -0.39 is 5.72 Å². The lowest BCUT2D eigenvalue weighted by molar-refractivity contribution is -0.146. The maximum absolute atomic E-state index is 14.0. The van der Waals surface area contributed by atoms with Crippen LogP contribution in [0.15, 0.2) is 85.5 Å². The Labute approximate surface area is 186 Å². The molecule has 1 unspecified atom stereocenters. The highest BCUT2D eigenvalue weighted by Gasteiger charge is 2.60. The molecule has 0 aromatic heterocycles. The van der Waals surface area contributed by atoms with Gasteiger partial charge in [-0.3, -0.25) is 14.5 Å². The molecule has 6 nitrogen and oxygen atoms in total. The van der Waals surface area contributed by atoms with E-state index in [0.29, 0.717) is 34.8 Å². The number of methoxy groups -OCH3 is 1. The van der Waals surface area contributed by atoms with Gasteiger partial charge in [0.15, 0.2) is 0 Å². The predicted octanol–water partition coefficient (Wildman–Crippen LogP) is 4.26. The van der Waals surface area contributed by atoms with Crippen molar-refractivity contribution in [3.8, 4) is 5.75 Å². The van der Waals surface area contributed by atoms with Crippen LogP contribution in [0, 0.1) is 0 Å². The molecular formula is C26H22N2O4. The molecule has 160 valence electrons. The minimum absolute atomic E-state index is 0.208. The molecule has 32 heavy (non-hydrogen) atoms. The summed E-state index contributed by atoms with van der Waals surface area (Å²) in [6, 6.07) is 21.8. The number of carbonyl (C=O) groups excluding carboxylic acids is 2. The Bertz CT molecular complexity index is 1240. The van der Waals surface area contributed by atoms with Crippen molar-refractivity contribution in [3.05, 3.63) is 102 Å². The third-order valence-corrected chi connectivity index (χ3v) is 5.91. The van der Waals surface area contributed by atoms with Crippen molar-refractivity contribution in [2.45, 2.75) is 12.3 Å². The van der Waals surface area contributed by atoms with Crippen LogP contribution < -0.4 is 14.5 Å². The number of fused-ring (bicyclic) bond motifs is 3. The van der Waals surface area contributed by atoms with E-state index in [1.54, 1.807) is 42.4 Å². The first-order valence-corrected chi connectivity index (χ1v) is 10.3. The summed E-state index contributed by atoms with van der Waals surface area (Å²) in [5.74, 6) is -0.105. The highest BCUT2D eigenvalue weighted by Crippen LogP contribution is 2.50. The fourth-order valence-electron chi connectivity index (χ4n) is 4.47. The normalized spacial score (nSPS) is 19.0. The second-order valence-corrected chi connectivity index (χ2v) is 7.66. The number of anilines is 2. The summed E-state index contributed by atoms with van der Waals surface area (Å²) in [5.41, 5.74) is 1.62. The third-order valence-electron chi connectivity index (χ3n) is 5.91. The predicted molar refractivity (Wildman–Crippen MR) is 122 cm³/mol. The maximum Gasteiger partial charge on any atom is 0.286 e. The minimum Gasteiger partial charge on any atom is -0.497 e. The van der Waals surface area contributed by atoms with Gasteiger partial charge in [-0.25, -0.2) is 0 Å². The first-order chi connectivity index (χ1) is 15.6. The Morgan fingerprint density at radius 1 is 1.09 bits per heavy atom. The van der Waals surface area contributed by atoms with Crippen LogP contribution in [0.2, 0.25) is 0 Å². The highest BCUT2D eigenvalue weighted by atomic mass is 16.5. The summed E-state index contributed by atoms with van der Waals surface area (Å²) < 4.78 is 11.6. The average molecular weight is 426 g/mol. The molecular weight excluding hydrogens is 404 g/mol. The van der Waals surface area contributed by atoms with Crippen molar-refractivity contribution >= 4 is 23.2 Å². The molecule has 3 aromatic rings. The van der Waals surface area contributed by atoms with Gasteiger partial charge >= 0.3 is 0 Å². The van der Waals surface area contributed by atoms with Crippen LogP contribution >= 0.6 is 0 Å². The number of hydrogen-bond acceptors (Lipinski definition) is 4. The Hall–Kier alpha value is -3.90. The second kappa shape index (κ2) is 7.66. The lowest BCUT2D eigenvalue weighted by Crippen LogP contribution is -2.59. The van der Waals surface area contributed by atoms with Crippen molar-refractivity contribution < 1.29 is 19.1 Å². The first kappa shape index (κ1) is 20.0. The molecule has 0 bridgehead atoms. The van der Waals surface area contributed by atoms with Gasteiger partial charge in [0.25, 0.3) is 17.5 Å². The van der Waals surface area contributed by atoms with Gasteiger partial charge in [-0.2, -0.15) is 0 Å². The summed E-state index contributed by atoms with van der Waals surface area (Å²) in [7, 11) is 1.55. The summed E-state index contributed by atoms with van der Waals surface area (Å²) in [6.45, 7) is 4.31. The van der Waals surface area contributed by atoms with Gasteiger partial charge in [0.05, 0.1) is 25.1 Å². The molecule has 1 atom stereocenters. The Kier molecular flexibility index (Phi) is 4.79. The summed E-state index contributed by atoms with van der Waals surface area (Å²) in [4.78, 5) is 31.1. The molecule has 2 aliphatic rings. The molecule has 2 aliphatic heterocycles. The van der Waals surface area contributed by atoms with Gasteiger partial charge < -0.3 is 14.4 Å². The summed E-state index contributed by atoms with van der Waals surface area (Å²) >= 11 is 0. The van der Waals surface area contributed by atoms with E-state index in [2.05, 4.69) is 6.58 Å². The van der Waals surface area contributed by atoms with E-state index in [4.69, 9.17) is 9.47 Å². The number of rotatable bonds is 4. The zero-order valence-electron chi connectivity index (χ0n) is 17.7. The van der Waals surface area contributed by atoms with Crippen LogP contribution in [-0.2, 0) is 21.9 Å². The zero-order chi connectivity index (χ0) is 22.3. The highest BCUT2D eigenvalue weighted by molar-refractivity contribution is 6.17. The Balaban J connectivity index is 1.75. The molecule has 5 rings (SSSR count). The van der Waals surface area contributed by atoms with Crippen LogP contribution in [0.5, 0.6) is 5.75 Å². The molecule has 0 fully saturated rings. The van der Waals surface area contributed by atoms with E-state index in [1.807, 2.05) is 48.5 Å². The minimum atomic E-state index is -1.60. The lowest BCUT2D eigenvalue weighted by atomic mass is 9.96. The van der Waals surface area contributed by atoms with Gasteiger partial charge in [0.1, 0.15) is 5.75 Å². The van der Waals surface area contributed by atoms with Crippen molar-refractivity contribution in [3.63, 3.8) is 0 Å². The molecule has 0 saturated carbocycles. The second-order valence-electron chi connectivity index (χ2n) is 7.66. The van der Waals surface area contributed by atoms with E-state index in [0.717, 1.165) is 5.56 Å². The monoisotopic (exact) mass is 426 g/mol. The number of carbonyl (C=O) groups is 2. The zero-order valence-corrected chi connectivity index (χ0v) is 17.7. The standard InChI is InChI=1S/C26H22N2O4/c1-3-15-27-23-14-7-5-12-21(23)26(25(27)30)28(22-13-6-4-9-19(22)17-32-26)24(29)18-10-8-11-20(16-18)31-2/h3-14,16H,1,15,17H2,2H3. The van der Waals surface area contributed by atoms with Gasteiger partial charge in [-0.15, -0.1) is 6.58 Å². The van der Waals surface area contributed by atoms with Crippen molar-refractivity contribution in [1.82, 2.24) is 0 Å². The molecule has 0 aliphatic carbocycles. The van der Waals surface area contributed by atoms with Crippen molar-refractivity contribution in [2.24, 2.45) is 0 Å². The fraction of sp³-hybridized carbons (Fsp3) is 0.154. The molecule has 3 aromatic carbocycles. The van der Waals surface area contributed by atoms with Gasteiger partial charge in [0.2, 0.25) is 0 Å². The molecule has 1 spiro atoms. The molecule has 0 N–H and O–H groups in total. The molecule has 0 saturated heterocycles. The number of ether oxygens (including phenoxy) is 2. The first-order valence-electron chi connectivity index (χ1n) is 10.3. The number of para-hydroxylation sites is 2. The molecule has 2 heterocycles. The topological polar surface area (TPSA) is 59.1 Å². The van der Waals surface area contributed by atoms with E-state index in [9.17, 15) is 9.59 Å². The van der Waals surface area contributed by atoms with Crippen molar-refractivity contribution in [2.75, 3.05) is 23.5 Å². The van der Waals surface area contributed by atoms with Gasteiger partial charge in [-0.05, 0) is 30.3 Å². The largest absolute Gasteiger partial charge is 0.497 e. The van der Waals surface area contributed by atoms with Crippen LogP contribution in [0.1, 0.15) is 21.5 Å². The van der Waals surface area contributed by atoms with Crippen LogP contribution in [-0.4, -0.2) is 25.5 Å². The molecule has 6 heteroatoms. The van der Waals surface area contributed by atoms with Crippen molar-refractivity contribution in [1.29, 1.82) is 0 Å². The smallest absolute Gasteiger partial charge is 0.286 e. The van der Waals surface area contributed by atoms with Gasteiger partial charge in [0, 0.05) is 23.2 Å². The summed E-state index contributed by atoms with van der Waals surface area (Å²) in [6.07, 6.45) is 1.67.